The fourth-order valence-corrected chi connectivity index (χ4v) is 4.85. The van der Waals surface area contributed by atoms with E-state index in [2.05, 4.69) is 15.4 Å². The van der Waals surface area contributed by atoms with Crippen molar-refractivity contribution in [3.63, 3.8) is 0 Å². The lowest BCUT2D eigenvalue weighted by Gasteiger charge is -2.32. The topological polar surface area (TPSA) is 59.8 Å². The van der Waals surface area contributed by atoms with Gasteiger partial charge in [0.25, 0.3) is 0 Å². The van der Waals surface area contributed by atoms with Gasteiger partial charge in [-0.15, -0.1) is 5.10 Å². The van der Waals surface area contributed by atoms with Gasteiger partial charge in [0.1, 0.15) is 11.9 Å². The Balaban J connectivity index is 1.51. The summed E-state index contributed by atoms with van der Waals surface area (Å²) in [5, 5.41) is 9.14. The zero-order valence-corrected chi connectivity index (χ0v) is 17.5. The summed E-state index contributed by atoms with van der Waals surface area (Å²) in [5.74, 6) is 0.909. The number of hydrogen-bond donors (Lipinski definition) is 1. The van der Waals surface area contributed by atoms with Gasteiger partial charge in [-0.05, 0) is 42.2 Å². The number of rotatable bonds is 4. The zero-order chi connectivity index (χ0) is 20.7. The lowest BCUT2D eigenvalue weighted by molar-refractivity contribution is -0.116. The van der Waals surface area contributed by atoms with Crippen LogP contribution >= 0.6 is 23.4 Å². The maximum atomic E-state index is 14.0. The van der Waals surface area contributed by atoms with E-state index in [4.69, 9.17) is 11.6 Å². The molecule has 0 radical (unpaired) electrons. The summed E-state index contributed by atoms with van der Waals surface area (Å²) in [6.45, 7) is 0. The first-order valence-electron chi connectivity index (χ1n) is 9.71. The second-order valence-electron chi connectivity index (χ2n) is 7.29. The fourth-order valence-electron chi connectivity index (χ4n) is 3.91. The molecule has 0 saturated carbocycles. The number of benzene rings is 2. The van der Waals surface area contributed by atoms with Gasteiger partial charge in [0.05, 0.1) is 0 Å². The summed E-state index contributed by atoms with van der Waals surface area (Å²) < 4.78 is 15.7. The number of fused-ring (bicyclic) bond motifs is 1. The minimum Gasteiger partial charge on any atom is -0.328 e. The summed E-state index contributed by atoms with van der Waals surface area (Å²) in [7, 11) is 0. The van der Waals surface area contributed by atoms with Gasteiger partial charge in [0, 0.05) is 28.5 Å². The molecular weight excluding hydrogens is 423 g/mol. The molecule has 3 aromatic rings. The van der Waals surface area contributed by atoms with Crippen LogP contribution in [-0.2, 0) is 10.5 Å². The highest BCUT2D eigenvalue weighted by molar-refractivity contribution is 7.98. The van der Waals surface area contributed by atoms with Gasteiger partial charge in [0.2, 0.25) is 11.1 Å². The van der Waals surface area contributed by atoms with Crippen LogP contribution in [0.5, 0.6) is 0 Å². The number of halogens is 2. The van der Waals surface area contributed by atoms with E-state index in [1.54, 1.807) is 16.8 Å². The molecule has 1 aliphatic carbocycles. The number of thioether (sulfide) groups is 1. The number of nitrogens with one attached hydrogen (secondary N) is 1. The molecule has 0 spiro atoms. The maximum Gasteiger partial charge on any atom is 0.227 e. The lowest BCUT2D eigenvalue weighted by Crippen LogP contribution is -2.31. The average Bonchev–Trinajstić information content (AvgIpc) is 3.15. The molecule has 1 atom stereocenters. The zero-order valence-electron chi connectivity index (χ0n) is 15.9. The van der Waals surface area contributed by atoms with E-state index < -0.39 is 0 Å². The van der Waals surface area contributed by atoms with Crippen LogP contribution in [0.3, 0.4) is 0 Å². The highest BCUT2D eigenvalue weighted by Gasteiger charge is 2.36. The highest BCUT2D eigenvalue weighted by Crippen LogP contribution is 2.40. The van der Waals surface area contributed by atoms with E-state index in [1.807, 2.05) is 30.3 Å². The first-order chi connectivity index (χ1) is 14.6. The molecule has 1 aromatic heterocycles. The predicted molar refractivity (Wildman–Crippen MR) is 115 cm³/mol. The van der Waals surface area contributed by atoms with Crippen molar-refractivity contribution >= 4 is 35.1 Å². The van der Waals surface area contributed by atoms with E-state index in [0.29, 0.717) is 33.9 Å². The van der Waals surface area contributed by atoms with Crippen LogP contribution in [0, 0.1) is 5.82 Å². The van der Waals surface area contributed by atoms with E-state index in [-0.39, 0.29) is 17.6 Å². The smallest absolute Gasteiger partial charge is 0.227 e. The molecule has 2 heterocycles. The lowest BCUT2D eigenvalue weighted by atomic mass is 9.85. The predicted octanol–water partition coefficient (Wildman–Crippen LogP) is 5.38. The molecule has 2 aromatic carbocycles. The summed E-state index contributed by atoms with van der Waals surface area (Å²) >= 11 is 7.44. The Morgan fingerprint density at radius 1 is 1.17 bits per heavy atom. The van der Waals surface area contributed by atoms with Crippen LogP contribution in [0.2, 0.25) is 5.02 Å². The van der Waals surface area contributed by atoms with Crippen LogP contribution in [0.15, 0.2) is 65.0 Å². The molecule has 0 bridgehead atoms. The van der Waals surface area contributed by atoms with Crippen LogP contribution < -0.4 is 5.32 Å². The minimum atomic E-state index is -0.350. The molecule has 2 aliphatic rings. The van der Waals surface area contributed by atoms with E-state index >= 15 is 0 Å². The van der Waals surface area contributed by atoms with E-state index in [0.717, 1.165) is 29.7 Å². The summed E-state index contributed by atoms with van der Waals surface area (Å²) in [4.78, 5) is 17.4. The Labute approximate surface area is 182 Å². The third-order valence-corrected chi connectivity index (χ3v) is 6.49. The Hall–Kier alpha value is -2.64. The van der Waals surface area contributed by atoms with Gasteiger partial charge in [-0.1, -0.05) is 53.7 Å². The molecule has 5 nitrogen and oxygen atoms in total. The van der Waals surface area contributed by atoms with Crippen LogP contribution in [0.1, 0.15) is 36.4 Å². The second kappa shape index (κ2) is 7.89. The van der Waals surface area contributed by atoms with Crippen LogP contribution in [0.25, 0.3) is 0 Å². The first-order valence-corrected chi connectivity index (χ1v) is 11.1. The number of anilines is 1. The third-order valence-electron chi connectivity index (χ3n) is 5.35. The van der Waals surface area contributed by atoms with E-state index in [1.165, 1.54) is 17.8 Å². The van der Waals surface area contributed by atoms with Gasteiger partial charge in [-0.2, -0.15) is 4.98 Å². The van der Waals surface area contributed by atoms with Gasteiger partial charge in [0.15, 0.2) is 5.78 Å². The van der Waals surface area contributed by atoms with E-state index in [9.17, 15) is 9.18 Å². The molecule has 0 amide bonds. The number of allylic oxidation sites excluding steroid dienone is 2. The summed E-state index contributed by atoms with van der Waals surface area (Å²) in [6.07, 6.45) is 2.15. The molecule has 5 rings (SSSR count). The Morgan fingerprint density at radius 3 is 2.77 bits per heavy atom. The quantitative estimate of drug-likeness (QED) is 0.551. The third kappa shape index (κ3) is 3.52. The van der Waals surface area contributed by atoms with Crippen LogP contribution in [-0.4, -0.2) is 20.5 Å². The normalized spacial score (nSPS) is 18.1. The molecule has 30 heavy (non-hydrogen) atoms. The fraction of sp³-hybridized carbons (Fsp3) is 0.227. The molecular formula is C22H18ClFN4OS. The number of carbonyl (C=O) groups excluding carboxylic acids is 1. The van der Waals surface area contributed by atoms with Gasteiger partial charge < -0.3 is 5.32 Å². The van der Waals surface area contributed by atoms with Crippen molar-refractivity contribution in [2.24, 2.45) is 0 Å². The van der Waals surface area contributed by atoms with Crippen molar-refractivity contribution in [3.05, 3.63) is 81.8 Å². The van der Waals surface area contributed by atoms with Crippen molar-refractivity contribution in [3.8, 4) is 0 Å². The Morgan fingerprint density at radius 2 is 1.97 bits per heavy atom. The maximum absolute atomic E-state index is 14.0. The SMILES string of the molecule is O=C1CCCC2=C1[C@H](c1ccc(Cl)cc1)n1nc(SCc3ccccc3F)nc1N2. The molecule has 0 unspecified atom stereocenters. The van der Waals surface area contributed by atoms with Crippen molar-refractivity contribution < 1.29 is 9.18 Å². The van der Waals surface area contributed by atoms with Crippen molar-refractivity contribution in [2.45, 2.75) is 36.2 Å². The second-order valence-corrected chi connectivity index (χ2v) is 8.67. The van der Waals surface area contributed by atoms with Gasteiger partial charge >= 0.3 is 0 Å². The summed E-state index contributed by atoms with van der Waals surface area (Å²) in [5.41, 5.74) is 3.19. The monoisotopic (exact) mass is 440 g/mol. The van der Waals surface area contributed by atoms with Crippen LogP contribution in [0.4, 0.5) is 10.3 Å². The standard InChI is InChI=1S/C22H18ClFN4OS/c23-15-10-8-13(9-11-15)20-19-17(6-3-7-18(19)29)25-21-26-22(27-28(20)21)30-12-14-4-1-2-5-16(14)24/h1-2,4-5,8-11,20H,3,6-7,12H2,(H,25,26,27)/t20-/m0/s1. The average molecular weight is 441 g/mol. The van der Waals surface area contributed by atoms with Gasteiger partial charge in [-0.3, -0.25) is 4.79 Å². The number of hydrogen-bond acceptors (Lipinski definition) is 5. The van der Waals surface area contributed by atoms with Crippen molar-refractivity contribution in [2.75, 3.05) is 5.32 Å². The molecule has 8 heteroatoms. The highest BCUT2D eigenvalue weighted by atomic mass is 35.5. The van der Waals surface area contributed by atoms with Crippen molar-refractivity contribution in [1.29, 1.82) is 0 Å². The first kappa shape index (κ1) is 19.3. The number of carbonyl (C=O) groups is 1. The van der Waals surface area contributed by atoms with Gasteiger partial charge in [-0.25, -0.2) is 9.07 Å². The molecule has 1 N–H and O–H groups in total. The Kier molecular flexibility index (Phi) is 5.08. The number of nitrogens with zero attached hydrogens (tertiary/aromatic N) is 3. The number of aromatic nitrogens is 3. The Bertz CT molecular complexity index is 1160. The molecule has 0 fully saturated rings. The molecule has 152 valence electrons. The number of Topliss-reactive ketones (excluding diaryl/α,β-unsaturated/α-hetero) is 1. The summed E-state index contributed by atoms with van der Waals surface area (Å²) in [6, 6.07) is 13.8. The largest absolute Gasteiger partial charge is 0.328 e. The molecule has 0 saturated heterocycles. The minimum absolute atomic E-state index is 0.130. The molecule has 1 aliphatic heterocycles. The number of ketones is 1. The van der Waals surface area contributed by atoms with Crippen molar-refractivity contribution in [1.82, 2.24) is 14.8 Å².